The van der Waals surface area contributed by atoms with Gasteiger partial charge in [0, 0.05) is 12.8 Å². The molecule has 370 valence electrons. The van der Waals surface area contributed by atoms with Gasteiger partial charge in [-0.25, -0.2) is 0 Å². The molecule has 2 unspecified atom stereocenters. The molecule has 0 fully saturated rings. The molecule has 0 bridgehead atoms. The largest absolute Gasteiger partial charge is 0.756 e. The van der Waals surface area contributed by atoms with Crippen molar-refractivity contribution in [3.05, 3.63) is 72.9 Å². The Balaban J connectivity index is 3.98. The van der Waals surface area contributed by atoms with Gasteiger partial charge >= 0.3 is 11.9 Å². The van der Waals surface area contributed by atoms with Crippen LogP contribution in [0.5, 0.6) is 0 Å². The molecule has 0 N–H and O–H groups in total. The number of rotatable bonds is 46. The van der Waals surface area contributed by atoms with E-state index in [0.29, 0.717) is 17.4 Å². The highest BCUT2D eigenvalue weighted by molar-refractivity contribution is 7.45. The lowest BCUT2D eigenvalue weighted by Gasteiger charge is -2.28. The van der Waals surface area contributed by atoms with Crippen LogP contribution >= 0.6 is 7.82 Å². The fourth-order valence-electron chi connectivity index (χ4n) is 6.78. The zero-order chi connectivity index (χ0) is 47.1. The molecule has 0 saturated carbocycles. The van der Waals surface area contributed by atoms with Crippen LogP contribution in [-0.4, -0.2) is 70.0 Å². The lowest BCUT2D eigenvalue weighted by molar-refractivity contribution is -0.870. The van der Waals surface area contributed by atoms with Crippen molar-refractivity contribution in [1.82, 2.24) is 0 Å². The predicted octanol–water partition coefficient (Wildman–Crippen LogP) is 14.7. The molecule has 0 heterocycles. The van der Waals surface area contributed by atoms with E-state index < -0.39 is 32.5 Å². The topological polar surface area (TPSA) is 111 Å². The SMILES string of the molecule is CC/C=C\C/C=C\C/C=C\C/C=C\C/C=C\C/C=C\CCCCCCCCCCCCCCCCC(=O)OC(COC(=O)CCCCCCCCC)COP(=O)([O-])OCC[N+](C)(C)C. The highest BCUT2D eigenvalue weighted by Crippen LogP contribution is 2.38. The van der Waals surface area contributed by atoms with Crippen molar-refractivity contribution < 1.29 is 42.1 Å². The van der Waals surface area contributed by atoms with Crippen molar-refractivity contribution >= 4 is 19.8 Å². The van der Waals surface area contributed by atoms with Crippen molar-refractivity contribution in [2.75, 3.05) is 47.5 Å². The Morgan fingerprint density at radius 2 is 0.891 bits per heavy atom. The molecule has 0 saturated heterocycles. The van der Waals surface area contributed by atoms with Gasteiger partial charge in [-0.15, -0.1) is 0 Å². The van der Waals surface area contributed by atoms with Crippen LogP contribution in [0.2, 0.25) is 0 Å². The number of ether oxygens (including phenoxy) is 2. The van der Waals surface area contributed by atoms with Gasteiger partial charge in [0.2, 0.25) is 0 Å². The number of hydrogen-bond donors (Lipinski definition) is 0. The van der Waals surface area contributed by atoms with E-state index >= 15 is 0 Å². The zero-order valence-electron chi connectivity index (χ0n) is 41.7. The predicted molar refractivity (Wildman–Crippen MR) is 268 cm³/mol. The third-order valence-electron chi connectivity index (χ3n) is 10.7. The fraction of sp³-hybridized carbons (Fsp3) is 0.741. The van der Waals surface area contributed by atoms with E-state index in [1.807, 2.05) is 21.1 Å². The second kappa shape index (κ2) is 45.6. The zero-order valence-corrected chi connectivity index (χ0v) is 42.6. The summed E-state index contributed by atoms with van der Waals surface area (Å²) in [5.41, 5.74) is 0. The van der Waals surface area contributed by atoms with Gasteiger partial charge in [0.15, 0.2) is 6.10 Å². The van der Waals surface area contributed by atoms with E-state index in [0.717, 1.165) is 77.0 Å². The summed E-state index contributed by atoms with van der Waals surface area (Å²) in [5, 5.41) is 0. The smallest absolute Gasteiger partial charge is 0.306 e. The van der Waals surface area contributed by atoms with Crippen molar-refractivity contribution in [2.45, 2.75) is 213 Å². The first-order valence-electron chi connectivity index (χ1n) is 25.6. The minimum atomic E-state index is -4.62. The van der Waals surface area contributed by atoms with Gasteiger partial charge in [0.1, 0.15) is 19.8 Å². The normalized spacial score (nSPS) is 14.0. The Bertz CT molecular complexity index is 1310. The van der Waals surface area contributed by atoms with Crippen LogP contribution in [-0.2, 0) is 32.7 Å². The molecule has 0 aliphatic rings. The molecule has 0 aliphatic carbocycles. The summed E-state index contributed by atoms with van der Waals surface area (Å²) in [7, 11) is 1.16. The summed E-state index contributed by atoms with van der Waals surface area (Å²) in [4.78, 5) is 37.4. The van der Waals surface area contributed by atoms with Gasteiger partial charge in [-0.3, -0.25) is 14.2 Å². The Hall–Kier alpha value is -2.55. The maximum absolute atomic E-state index is 12.7. The van der Waals surface area contributed by atoms with E-state index in [1.54, 1.807) is 0 Å². The second-order valence-electron chi connectivity index (χ2n) is 18.2. The van der Waals surface area contributed by atoms with Crippen LogP contribution in [0.25, 0.3) is 0 Å². The standard InChI is InChI=1S/C54H96NO8P/c1-6-8-10-12-14-15-16-17-18-19-20-21-22-23-24-25-26-27-28-29-30-31-32-33-34-35-36-37-38-39-41-43-45-47-54(57)63-52(51-62-64(58,59)61-49-48-55(3,4)5)50-60-53(56)46-44-42-40-13-11-9-7-2/h8,10,14-15,17-18,20-21,23-24,26-27,52H,6-7,9,11-13,16,19,22,25,28-51H2,1-5H3/b10-8-,15-14-,18-17-,21-20-,24-23-,27-26-. The summed E-state index contributed by atoms with van der Waals surface area (Å²) in [5.74, 6) is -0.841. The van der Waals surface area contributed by atoms with Crippen LogP contribution in [0.4, 0.5) is 0 Å². The summed E-state index contributed by atoms with van der Waals surface area (Å²) in [6, 6.07) is 0. The lowest BCUT2D eigenvalue weighted by atomic mass is 10.0. The molecule has 9 nitrogen and oxygen atoms in total. The van der Waals surface area contributed by atoms with Crippen LogP contribution in [0, 0.1) is 0 Å². The molecular formula is C54H96NO8P. The molecule has 0 aliphatic heterocycles. The number of hydrogen-bond acceptors (Lipinski definition) is 8. The monoisotopic (exact) mass is 918 g/mol. The van der Waals surface area contributed by atoms with Gasteiger partial charge in [-0.1, -0.05) is 202 Å². The maximum Gasteiger partial charge on any atom is 0.306 e. The number of allylic oxidation sites excluding steroid dienone is 12. The second-order valence-corrected chi connectivity index (χ2v) is 19.6. The fourth-order valence-corrected chi connectivity index (χ4v) is 7.50. The third kappa shape index (κ3) is 48.9. The number of carbonyl (C=O) groups excluding carboxylic acids is 2. The first-order chi connectivity index (χ1) is 31.0. The third-order valence-corrected chi connectivity index (χ3v) is 11.7. The van der Waals surface area contributed by atoms with E-state index in [9.17, 15) is 19.0 Å². The van der Waals surface area contributed by atoms with E-state index in [2.05, 4.69) is 86.8 Å². The minimum absolute atomic E-state index is 0.0318. The average Bonchev–Trinajstić information content (AvgIpc) is 3.25. The highest BCUT2D eigenvalue weighted by atomic mass is 31.2. The molecular weight excluding hydrogens is 822 g/mol. The number of quaternary nitrogens is 1. The van der Waals surface area contributed by atoms with Gasteiger partial charge in [0.05, 0.1) is 27.7 Å². The molecule has 2 atom stereocenters. The maximum atomic E-state index is 12.7. The summed E-state index contributed by atoms with van der Waals surface area (Å²) in [6.07, 6.45) is 58.3. The minimum Gasteiger partial charge on any atom is -0.756 e. The number of esters is 2. The molecule has 0 aromatic carbocycles. The Labute approximate surface area is 393 Å². The van der Waals surface area contributed by atoms with E-state index in [-0.39, 0.29) is 26.1 Å². The van der Waals surface area contributed by atoms with Crippen LogP contribution < -0.4 is 4.89 Å². The van der Waals surface area contributed by atoms with Crippen molar-refractivity contribution in [2.24, 2.45) is 0 Å². The number of likely N-dealkylation sites (N-methyl/N-ethyl adjacent to an activating group) is 1. The highest BCUT2D eigenvalue weighted by Gasteiger charge is 2.21. The summed E-state index contributed by atoms with van der Waals surface area (Å²) >= 11 is 0. The first-order valence-corrected chi connectivity index (χ1v) is 27.1. The molecule has 0 amide bonds. The summed E-state index contributed by atoms with van der Waals surface area (Å²) < 4.78 is 33.8. The van der Waals surface area contributed by atoms with Crippen LogP contribution in [0.1, 0.15) is 206 Å². The lowest BCUT2D eigenvalue weighted by Crippen LogP contribution is -2.37. The number of nitrogens with zero attached hydrogens (tertiary/aromatic N) is 1. The van der Waals surface area contributed by atoms with Gasteiger partial charge < -0.3 is 27.9 Å². The number of phosphoric acid groups is 1. The quantitative estimate of drug-likeness (QED) is 0.0195. The summed E-state index contributed by atoms with van der Waals surface area (Å²) in [6.45, 7) is 4.06. The molecule has 10 heteroatoms. The first kappa shape index (κ1) is 61.5. The molecule has 0 radical (unpaired) electrons. The molecule has 64 heavy (non-hydrogen) atoms. The van der Waals surface area contributed by atoms with Crippen molar-refractivity contribution in [3.63, 3.8) is 0 Å². The van der Waals surface area contributed by atoms with Crippen LogP contribution in [0.15, 0.2) is 72.9 Å². The van der Waals surface area contributed by atoms with Gasteiger partial charge in [-0.05, 0) is 64.2 Å². The van der Waals surface area contributed by atoms with E-state index in [1.165, 1.54) is 96.3 Å². The Kier molecular flexibility index (Phi) is 43.8. The Morgan fingerprint density at radius 3 is 1.33 bits per heavy atom. The van der Waals surface area contributed by atoms with Gasteiger partial charge in [-0.2, -0.15) is 0 Å². The van der Waals surface area contributed by atoms with Gasteiger partial charge in [0.25, 0.3) is 7.82 Å². The Morgan fingerprint density at radius 1 is 0.500 bits per heavy atom. The molecule has 0 aromatic heterocycles. The average molecular weight is 918 g/mol. The van der Waals surface area contributed by atoms with E-state index in [4.69, 9.17) is 18.5 Å². The number of unbranched alkanes of at least 4 members (excludes halogenated alkanes) is 20. The van der Waals surface area contributed by atoms with Crippen molar-refractivity contribution in [1.29, 1.82) is 0 Å². The number of phosphoric ester groups is 1. The molecule has 0 rings (SSSR count). The van der Waals surface area contributed by atoms with Crippen molar-refractivity contribution in [3.8, 4) is 0 Å². The molecule has 0 aromatic rings. The number of carbonyl (C=O) groups is 2. The molecule has 0 spiro atoms. The van der Waals surface area contributed by atoms with Crippen LogP contribution in [0.3, 0.4) is 0 Å².